The number of rotatable bonds is 0. The molecule has 22 heavy (non-hydrogen) atoms. The summed E-state index contributed by atoms with van der Waals surface area (Å²) >= 11 is 0. The van der Waals surface area contributed by atoms with Gasteiger partial charge in [-0.3, -0.25) is 0 Å². The van der Waals surface area contributed by atoms with Crippen LogP contribution in [0.2, 0.25) is 0 Å². The van der Waals surface area contributed by atoms with Crippen molar-refractivity contribution in [2.75, 3.05) is 0 Å². The summed E-state index contributed by atoms with van der Waals surface area (Å²) in [6.07, 6.45) is 5.74. The fraction of sp³-hybridized carbons (Fsp3) is 0.667. The van der Waals surface area contributed by atoms with Gasteiger partial charge in [0.1, 0.15) is 13.6 Å². The first-order valence-corrected chi connectivity index (χ1v) is 8.44. The van der Waals surface area contributed by atoms with Crippen molar-refractivity contribution in [1.29, 1.82) is 0 Å². The molecule has 3 aliphatic rings. The van der Waals surface area contributed by atoms with Crippen LogP contribution in [-0.4, -0.2) is 29.3 Å². The molecule has 0 spiro atoms. The Morgan fingerprint density at radius 1 is 1.14 bits per heavy atom. The van der Waals surface area contributed by atoms with Gasteiger partial charge in [-0.1, -0.05) is 18.5 Å². The van der Waals surface area contributed by atoms with Gasteiger partial charge in [0, 0.05) is 5.56 Å². The van der Waals surface area contributed by atoms with Crippen molar-refractivity contribution in [3.63, 3.8) is 0 Å². The van der Waals surface area contributed by atoms with Crippen molar-refractivity contribution in [2.45, 2.75) is 57.5 Å². The van der Waals surface area contributed by atoms with E-state index in [4.69, 9.17) is 7.85 Å². The number of aliphatic hydroxyl groups is 1. The predicted molar refractivity (Wildman–Crippen MR) is 85.8 cm³/mol. The van der Waals surface area contributed by atoms with E-state index in [0.717, 1.165) is 49.7 Å². The van der Waals surface area contributed by atoms with E-state index < -0.39 is 0 Å². The van der Waals surface area contributed by atoms with Gasteiger partial charge in [0.25, 0.3) is 0 Å². The molecule has 0 heterocycles. The molecular formula is C18H23BO3. The predicted octanol–water partition coefficient (Wildman–Crippen LogP) is 2.11. The minimum Gasteiger partial charge on any atom is -0.505 e. The lowest BCUT2D eigenvalue weighted by Crippen LogP contribution is -2.44. The van der Waals surface area contributed by atoms with Gasteiger partial charge < -0.3 is 15.3 Å². The summed E-state index contributed by atoms with van der Waals surface area (Å²) in [4.78, 5) is 0. The average molecular weight is 298 g/mol. The second-order valence-corrected chi connectivity index (χ2v) is 7.78. The first-order chi connectivity index (χ1) is 10.4. The molecule has 1 aromatic carbocycles. The van der Waals surface area contributed by atoms with Gasteiger partial charge in [0.15, 0.2) is 5.75 Å². The highest BCUT2D eigenvalue weighted by Crippen LogP contribution is 2.61. The third kappa shape index (κ3) is 1.73. The Hall–Kier alpha value is -1.16. The molecule has 3 N–H and O–H groups in total. The topological polar surface area (TPSA) is 60.7 Å². The summed E-state index contributed by atoms with van der Waals surface area (Å²) in [6.45, 7) is 2.25. The average Bonchev–Trinajstić information content (AvgIpc) is 2.80. The van der Waals surface area contributed by atoms with E-state index in [9.17, 15) is 15.3 Å². The van der Waals surface area contributed by atoms with Gasteiger partial charge >= 0.3 is 0 Å². The van der Waals surface area contributed by atoms with Gasteiger partial charge in [0.2, 0.25) is 0 Å². The summed E-state index contributed by atoms with van der Waals surface area (Å²) in [7, 11) is 5.87. The summed E-state index contributed by atoms with van der Waals surface area (Å²) < 4.78 is 0. The normalized spacial score (nSPS) is 39.9. The monoisotopic (exact) mass is 298 g/mol. The van der Waals surface area contributed by atoms with Gasteiger partial charge in [0.05, 0.1) is 6.10 Å². The van der Waals surface area contributed by atoms with E-state index in [1.807, 2.05) is 6.07 Å². The van der Waals surface area contributed by atoms with Crippen molar-refractivity contribution >= 4 is 13.3 Å². The molecule has 0 bridgehead atoms. The largest absolute Gasteiger partial charge is 0.505 e. The first kappa shape index (κ1) is 14.4. The minimum atomic E-state index is -0.172. The van der Waals surface area contributed by atoms with Crippen molar-refractivity contribution in [1.82, 2.24) is 0 Å². The number of hydrogen-bond donors (Lipinski definition) is 3. The second-order valence-electron chi connectivity index (χ2n) is 7.78. The third-order valence-electron chi connectivity index (χ3n) is 6.96. The maximum Gasteiger partial charge on any atom is 0.160 e. The summed E-state index contributed by atoms with van der Waals surface area (Å²) in [6, 6.07) is 1.87. The number of phenolic OH excluding ortho intramolecular Hbond substituents is 2. The number of aromatic hydroxyl groups is 2. The van der Waals surface area contributed by atoms with Crippen LogP contribution in [0.25, 0.3) is 0 Å². The molecular weight excluding hydrogens is 275 g/mol. The lowest BCUT2D eigenvalue weighted by molar-refractivity contribution is -0.0227. The lowest BCUT2D eigenvalue weighted by atomic mass is 9.55. The third-order valence-corrected chi connectivity index (χ3v) is 6.96. The SMILES string of the molecule is [B]c1cc2c(c(O)c1O)CCC1C2CCC2(C)C(O)CCC12. The first-order valence-electron chi connectivity index (χ1n) is 8.44. The Bertz CT molecular complexity index is 629. The number of benzene rings is 1. The molecule has 0 amide bonds. The standard InChI is InChI=1S/C18H23BO3/c1-18-7-6-9-10(13(18)4-5-15(18)20)2-3-11-12(9)8-14(19)17(22)16(11)21/h8-10,13,15,20-22H,2-7H2,1H3. The lowest BCUT2D eigenvalue weighted by Gasteiger charge is -2.50. The molecule has 3 nitrogen and oxygen atoms in total. The molecule has 0 aromatic heterocycles. The van der Waals surface area contributed by atoms with Crippen LogP contribution in [0.3, 0.4) is 0 Å². The van der Waals surface area contributed by atoms with Crippen molar-refractivity contribution in [3.8, 4) is 11.5 Å². The van der Waals surface area contributed by atoms with Gasteiger partial charge in [-0.15, -0.1) is 0 Å². The zero-order valence-electron chi connectivity index (χ0n) is 13.0. The highest BCUT2D eigenvalue weighted by molar-refractivity contribution is 6.34. The van der Waals surface area contributed by atoms with E-state index in [1.54, 1.807) is 0 Å². The van der Waals surface area contributed by atoms with Crippen molar-refractivity contribution < 1.29 is 15.3 Å². The van der Waals surface area contributed by atoms with Crippen LogP contribution in [0.1, 0.15) is 56.1 Å². The molecule has 2 radical (unpaired) electrons. The van der Waals surface area contributed by atoms with Gasteiger partial charge in [-0.25, -0.2) is 0 Å². The van der Waals surface area contributed by atoms with Crippen molar-refractivity contribution in [2.24, 2.45) is 17.3 Å². The highest BCUT2D eigenvalue weighted by atomic mass is 16.3. The number of aliphatic hydroxyl groups excluding tert-OH is 1. The van der Waals surface area contributed by atoms with E-state index in [2.05, 4.69) is 6.92 Å². The fourth-order valence-electron chi connectivity index (χ4n) is 5.69. The van der Waals surface area contributed by atoms with Crippen LogP contribution in [0.15, 0.2) is 6.07 Å². The fourth-order valence-corrected chi connectivity index (χ4v) is 5.69. The van der Waals surface area contributed by atoms with E-state index in [-0.39, 0.29) is 28.5 Å². The zero-order chi connectivity index (χ0) is 15.6. The molecule has 1 aromatic rings. The van der Waals surface area contributed by atoms with Crippen LogP contribution in [0, 0.1) is 17.3 Å². The molecule has 4 rings (SSSR count). The Morgan fingerprint density at radius 3 is 2.68 bits per heavy atom. The molecule has 4 heteroatoms. The minimum absolute atomic E-state index is 0.0201. The summed E-state index contributed by atoms with van der Waals surface area (Å²) in [5.41, 5.74) is 2.35. The number of fused-ring (bicyclic) bond motifs is 5. The number of hydrogen-bond acceptors (Lipinski definition) is 3. The quantitative estimate of drug-likeness (QED) is 0.508. The molecule has 3 aliphatic carbocycles. The van der Waals surface area contributed by atoms with E-state index in [0.29, 0.717) is 17.8 Å². The van der Waals surface area contributed by atoms with Crippen LogP contribution in [0.5, 0.6) is 11.5 Å². The highest BCUT2D eigenvalue weighted by Gasteiger charge is 2.54. The number of phenols is 2. The maximum absolute atomic E-state index is 10.4. The van der Waals surface area contributed by atoms with E-state index in [1.165, 1.54) is 0 Å². The maximum atomic E-state index is 10.4. The van der Waals surface area contributed by atoms with Crippen molar-refractivity contribution in [3.05, 3.63) is 17.2 Å². The smallest absolute Gasteiger partial charge is 0.160 e. The molecule has 0 saturated heterocycles. The molecule has 5 unspecified atom stereocenters. The molecule has 116 valence electrons. The Kier molecular flexibility index (Phi) is 3.07. The summed E-state index contributed by atoms with van der Waals surface area (Å²) in [5.74, 6) is 1.33. The van der Waals surface area contributed by atoms with Crippen LogP contribution in [-0.2, 0) is 6.42 Å². The van der Waals surface area contributed by atoms with Crippen LogP contribution in [0.4, 0.5) is 0 Å². The second kappa shape index (κ2) is 4.67. The van der Waals surface area contributed by atoms with Crippen LogP contribution < -0.4 is 5.46 Å². The summed E-state index contributed by atoms with van der Waals surface area (Å²) in [5, 5.41) is 30.5. The molecule has 2 saturated carbocycles. The Balaban J connectivity index is 1.76. The van der Waals surface area contributed by atoms with E-state index >= 15 is 0 Å². The molecule has 5 atom stereocenters. The van der Waals surface area contributed by atoms with Crippen LogP contribution >= 0.6 is 0 Å². The molecule has 2 fully saturated rings. The van der Waals surface area contributed by atoms with Gasteiger partial charge in [-0.05, 0) is 67.3 Å². The Morgan fingerprint density at radius 2 is 1.91 bits per heavy atom. The van der Waals surface area contributed by atoms with Gasteiger partial charge in [-0.2, -0.15) is 0 Å². The molecule has 0 aliphatic heterocycles. The zero-order valence-corrected chi connectivity index (χ0v) is 13.0. The Labute approximate surface area is 132 Å².